The summed E-state index contributed by atoms with van der Waals surface area (Å²) in [5.74, 6) is -0.250. The molecule has 1 aromatic carbocycles. The monoisotopic (exact) mass is 312 g/mol. The van der Waals surface area contributed by atoms with Crippen molar-refractivity contribution in [1.29, 1.82) is 0 Å². The fourth-order valence-electron chi connectivity index (χ4n) is 2.20. The van der Waals surface area contributed by atoms with Gasteiger partial charge in [-0.25, -0.2) is 0 Å². The Bertz CT molecular complexity index is 563. The van der Waals surface area contributed by atoms with Gasteiger partial charge < -0.3 is 0 Å². The van der Waals surface area contributed by atoms with Gasteiger partial charge in [-0.3, -0.25) is 8.98 Å². The molecule has 4 nitrogen and oxygen atoms in total. The van der Waals surface area contributed by atoms with Gasteiger partial charge in [-0.1, -0.05) is 44.9 Å². The highest BCUT2D eigenvalue weighted by atomic mass is 32.2. The number of rotatable bonds is 9. The number of carbonyl (C=O) groups excluding carboxylic acids is 1. The molecule has 0 saturated heterocycles. The van der Waals surface area contributed by atoms with Gasteiger partial charge in [0.1, 0.15) is 6.61 Å². The molecule has 0 aliphatic heterocycles. The first-order valence-corrected chi connectivity index (χ1v) is 8.81. The molecule has 1 atom stereocenters. The molecule has 0 heterocycles. The predicted molar refractivity (Wildman–Crippen MR) is 82.6 cm³/mol. The molecule has 0 aliphatic rings. The molecular weight excluding hydrogens is 288 g/mol. The lowest BCUT2D eigenvalue weighted by atomic mass is 9.95. The number of unbranched alkanes of at least 4 members (excludes halogenated alkanes) is 1. The smallest absolute Gasteiger partial charge is 0.297 e. The van der Waals surface area contributed by atoms with Gasteiger partial charge in [0.15, 0.2) is 5.78 Å². The first-order valence-electron chi connectivity index (χ1n) is 7.40. The van der Waals surface area contributed by atoms with Crippen LogP contribution in [-0.4, -0.2) is 20.8 Å². The number of aryl methyl sites for hydroxylation is 1. The quantitative estimate of drug-likeness (QED) is 0.655. The first kappa shape index (κ1) is 17.9. The van der Waals surface area contributed by atoms with Crippen LogP contribution in [0.4, 0.5) is 0 Å². The number of hydrogen-bond acceptors (Lipinski definition) is 4. The van der Waals surface area contributed by atoms with Crippen molar-refractivity contribution in [3.8, 4) is 0 Å². The Hall–Kier alpha value is -1.20. The van der Waals surface area contributed by atoms with Crippen molar-refractivity contribution in [2.75, 3.05) is 6.61 Å². The molecular formula is C16H24O4S. The molecule has 1 rings (SSSR count). The molecule has 0 aliphatic carbocycles. The van der Waals surface area contributed by atoms with Crippen molar-refractivity contribution in [3.63, 3.8) is 0 Å². The molecule has 0 saturated carbocycles. The molecule has 0 spiro atoms. The van der Waals surface area contributed by atoms with Crippen molar-refractivity contribution in [2.45, 2.75) is 51.3 Å². The fraction of sp³-hybridized carbons (Fsp3) is 0.562. The van der Waals surface area contributed by atoms with E-state index in [4.69, 9.17) is 4.18 Å². The summed E-state index contributed by atoms with van der Waals surface area (Å²) in [6.45, 7) is 5.33. The molecule has 0 aromatic heterocycles. The van der Waals surface area contributed by atoms with E-state index in [9.17, 15) is 13.2 Å². The van der Waals surface area contributed by atoms with E-state index in [1.54, 1.807) is 25.1 Å². The van der Waals surface area contributed by atoms with Gasteiger partial charge in [-0.2, -0.15) is 8.42 Å². The maximum atomic E-state index is 12.1. The lowest BCUT2D eigenvalue weighted by Gasteiger charge is -2.13. The summed E-state index contributed by atoms with van der Waals surface area (Å²) in [7, 11) is -3.87. The molecule has 0 amide bonds. The van der Waals surface area contributed by atoms with Gasteiger partial charge in [0.2, 0.25) is 0 Å². The molecule has 118 valence electrons. The number of Topliss-reactive ketones (excluding diaryl/α,β-unsaturated/α-hetero) is 1. The van der Waals surface area contributed by atoms with Gasteiger partial charge >= 0.3 is 0 Å². The minimum atomic E-state index is -3.87. The van der Waals surface area contributed by atoms with Crippen molar-refractivity contribution < 1.29 is 17.4 Å². The molecule has 5 heteroatoms. The van der Waals surface area contributed by atoms with Gasteiger partial charge in [-0.05, 0) is 31.4 Å². The summed E-state index contributed by atoms with van der Waals surface area (Å²) in [6.07, 6.45) is 3.49. The standard InChI is InChI=1S/C16H24O4S/c1-4-6-10-14(5-2)15(17)12-20-21(18,19)16-11-8-7-9-13(16)3/h7-9,11,14H,4-6,10,12H2,1-3H3. The number of hydrogen-bond donors (Lipinski definition) is 0. The minimum absolute atomic E-state index is 0.114. The van der Waals surface area contributed by atoms with E-state index in [1.165, 1.54) is 6.07 Å². The average molecular weight is 312 g/mol. The molecule has 0 fully saturated rings. The van der Waals surface area contributed by atoms with E-state index >= 15 is 0 Å². The second-order valence-electron chi connectivity index (χ2n) is 5.20. The Labute approximate surface area is 127 Å². The maximum Gasteiger partial charge on any atom is 0.297 e. The third-order valence-corrected chi connectivity index (χ3v) is 5.00. The number of benzene rings is 1. The zero-order valence-electron chi connectivity index (χ0n) is 13.0. The van der Waals surface area contributed by atoms with Gasteiger partial charge in [0.05, 0.1) is 4.90 Å². The molecule has 0 N–H and O–H groups in total. The largest absolute Gasteiger partial charge is 0.297 e. The van der Waals surface area contributed by atoms with Crippen LogP contribution >= 0.6 is 0 Å². The van der Waals surface area contributed by atoms with E-state index in [0.29, 0.717) is 12.0 Å². The summed E-state index contributed by atoms with van der Waals surface area (Å²) < 4.78 is 29.2. The second-order valence-corrected chi connectivity index (χ2v) is 6.78. The normalized spacial score (nSPS) is 13.1. The Morgan fingerprint density at radius 1 is 1.24 bits per heavy atom. The van der Waals surface area contributed by atoms with Gasteiger partial charge in [-0.15, -0.1) is 0 Å². The van der Waals surface area contributed by atoms with Crippen LogP contribution in [0.3, 0.4) is 0 Å². The summed E-state index contributed by atoms with van der Waals surface area (Å²) in [4.78, 5) is 12.2. The Balaban J connectivity index is 2.69. The summed E-state index contributed by atoms with van der Waals surface area (Å²) >= 11 is 0. The predicted octanol–water partition coefficient (Wildman–Crippen LogP) is 3.49. The Morgan fingerprint density at radius 2 is 1.90 bits per heavy atom. The van der Waals surface area contributed by atoms with E-state index in [2.05, 4.69) is 6.92 Å². The topological polar surface area (TPSA) is 60.4 Å². The van der Waals surface area contributed by atoms with Gasteiger partial charge in [0, 0.05) is 5.92 Å². The van der Waals surface area contributed by atoms with Crippen molar-refractivity contribution in [2.24, 2.45) is 5.92 Å². The highest BCUT2D eigenvalue weighted by Gasteiger charge is 2.22. The SMILES string of the molecule is CCCCC(CC)C(=O)COS(=O)(=O)c1ccccc1C. The number of ketones is 1. The highest BCUT2D eigenvalue weighted by Crippen LogP contribution is 2.19. The van der Waals surface area contributed by atoms with Crippen molar-refractivity contribution in [3.05, 3.63) is 29.8 Å². The van der Waals surface area contributed by atoms with Crippen LogP contribution in [0.5, 0.6) is 0 Å². The Kier molecular flexibility index (Phi) is 7.05. The third kappa shape index (κ3) is 5.25. The van der Waals surface area contributed by atoms with Gasteiger partial charge in [0.25, 0.3) is 10.1 Å². The molecule has 0 radical (unpaired) electrons. The molecule has 0 bridgehead atoms. The van der Waals surface area contributed by atoms with Crippen LogP contribution in [-0.2, 0) is 19.1 Å². The molecule has 21 heavy (non-hydrogen) atoms. The van der Waals surface area contributed by atoms with E-state index < -0.39 is 10.1 Å². The zero-order chi connectivity index (χ0) is 15.9. The van der Waals surface area contributed by atoms with E-state index in [-0.39, 0.29) is 23.2 Å². The first-order chi connectivity index (χ1) is 9.92. The van der Waals surface area contributed by atoms with E-state index in [0.717, 1.165) is 19.3 Å². The third-order valence-electron chi connectivity index (χ3n) is 3.57. The fourth-order valence-corrected chi connectivity index (χ4v) is 3.30. The molecule has 1 aromatic rings. The van der Waals surface area contributed by atoms with Crippen LogP contribution in [0.1, 0.15) is 45.1 Å². The summed E-state index contributed by atoms with van der Waals surface area (Å²) in [5.41, 5.74) is 0.614. The summed E-state index contributed by atoms with van der Waals surface area (Å²) in [6, 6.07) is 6.59. The van der Waals surface area contributed by atoms with Crippen LogP contribution in [0.2, 0.25) is 0 Å². The lowest BCUT2D eigenvalue weighted by Crippen LogP contribution is -2.22. The average Bonchev–Trinajstić information content (AvgIpc) is 2.46. The van der Waals surface area contributed by atoms with Crippen LogP contribution in [0.25, 0.3) is 0 Å². The Morgan fingerprint density at radius 3 is 2.48 bits per heavy atom. The van der Waals surface area contributed by atoms with Crippen LogP contribution in [0, 0.1) is 12.8 Å². The zero-order valence-corrected chi connectivity index (χ0v) is 13.8. The second kappa shape index (κ2) is 8.29. The van der Waals surface area contributed by atoms with Crippen LogP contribution < -0.4 is 0 Å². The molecule has 1 unspecified atom stereocenters. The number of carbonyl (C=O) groups is 1. The van der Waals surface area contributed by atoms with Crippen molar-refractivity contribution >= 4 is 15.9 Å². The minimum Gasteiger partial charge on any atom is -0.297 e. The van der Waals surface area contributed by atoms with E-state index in [1.807, 2.05) is 6.92 Å². The van der Waals surface area contributed by atoms with Crippen molar-refractivity contribution in [1.82, 2.24) is 0 Å². The van der Waals surface area contributed by atoms with Crippen LogP contribution in [0.15, 0.2) is 29.2 Å². The highest BCUT2D eigenvalue weighted by molar-refractivity contribution is 7.86. The lowest BCUT2D eigenvalue weighted by molar-refractivity contribution is -0.125. The summed E-state index contributed by atoms with van der Waals surface area (Å²) in [5, 5.41) is 0. The maximum absolute atomic E-state index is 12.1.